The smallest absolute Gasteiger partial charge is 0.267 e. The molecule has 1 aromatic heterocycles. The lowest BCUT2D eigenvalue weighted by atomic mass is 9.94. The third-order valence-electron chi connectivity index (χ3n) is 4.48. The van der Waals surface area contributed by atoms with Crippen LogP contribution in [0.5, 0.6) is 0 Å². The summed E-state index contributed by atoms with van der Waals surface area (Å²) in [4.78, 5) is 16.0. The second kappa shape index (κ2) is 5.27. The zero-order chi connectivity index (χ0) is 16.8. The maximum atomic E-state index is 14.3. The van der Waals surface area contributed by atoms with Gasteiger partial charge >= 0.3 is 0 Å². The number of fused-ring (bicyclic) bond motifs is 3. The van der Waals surface area contributed by atoms with Crippen LogP contribution in [0.25, 0.3) is 22.3 Å². The summed E-state index contributed by atoms with van der Waals surface area (Å²) < 4.78 is 14.3. The first-order valence-electron chi connectivity index (χ1n) is 7.72. The number of primary amides is 1. The number of aromatic nitrogens is 1. The van der Waals surface area contributed by atoms with Gasteiger partial charge in [-0.2, -0.15) is 0 Å². The van der Waals surface area contributed by atoms with Crippen molar-refractivity contribution in [1.82, 2.24) is 4.98 Å². The molecule has 0 aliphatic heterocycles. The van der Waals surface area contributed by atoms with Crippen molar-refractivity contribution >= 4 is 5.91 Å². The molecule has 1 aliphatic carbocycles. The largest absolute Gasteiger partial charge is 0.364 e. The number of hydrogen-bond donors (Lipinski definition) is 1. The molecule has 4 rings (SSSR count). The van der Waals surface area contributed by atoms with Crippen molar-refractivity contribution in [3.05, 3.63) is 76.9 Å². The Balaban J connectivity index is 2.07. The number of halogens is 1. The Kier molecular flexibility index (Phi) is 3.20. The number of carbonyl (C=O) groups excluding carboxylic acids is 1. The maximum absolute atomic E-state index is 14.3. The third kappa shape index (κ3) is 2.11. The van der Waals surface area contributed by atoms with Gasteiger partial charge in [-0.05, 0) is 35.2 Å². The summed E-state index contributed by atoms with van der Waals surface area (Å²) in [6.45, 7) is 2.01. The van der Waals surface area contributed by atoms with Crippen LogP contribution < -0.4 is 5.73 Å². The van der Waals surface area contributed by atoms with Gasteiger partial charge in [0.15, 0.2) is 0 Å². The summed E-state index contributed by atoms with van der Waals surface area (Å²) in [6, 6.07) is 12.7. The Morgan fingerprint density at radius 3 is 2.67 bits per heavy atom. The van der Waals surface area contributed by atoms with Crippen LogP contribution >= 0.6 is 0 Å². The molecule has 1 amide bonds. The van der Waals surface area contributed by atoms with Gasteiger partial charge in [-0.1, -0.05) is 42.0 Å². The summed E-state index contributed by atoms with van der Waals surface area (Å²) in [5, 5.41) is 0. The molecule has 2 N–H and O–H groups in total. The highest BCUT2D eigenvalue weighted by Crippen LogP contribution is 2.44. The Labute approximate surface area is 139 Å². The lowest BCUT2D eigenvalue weighted by Crippen LogP contribution is -2.16. The van der Waals surface area contributed by atoms with Crippen molar-refractivity contribution in [2.75, 3.05) is 0 Å². The number of hydrogen-bond acceptors (Lipinski definition) is 2. The SMILES string of the molecule is Cc1ccc2c(c1)-c1c(-c3ccccc3F)cnc(C(N)=O)c1C2. The van der Waals surface area contributed by atoms with Gasteiger partial charge in [-0.15, -0.1) is 0 Å². The molecule has 0 radical (unpaired) electrons. The molecule has 0 saturated carbocycles. The first kappa shape index (κ1) is 14.6. The van der Waals surface area contributed by atoms with E-state index in [0.29, 0.717) is 17.5 Å². The van der Waals surface area contributed by atoms with E-state index in [0.717, 1.165) is 27.8 Å². The zero-order valence-electron chi connectivity index (χ0n) is 13.1. The highest BCUT2D eigenvalue weighted by atomic mass is 19.1. The molecule has 1 heterocycles. The second-order valence-corrected chi connectivity index (χ2v) is 6.06. The average molecular weight is 318 g/mol. The van der Waals surface area contributed by atoms with Gasteiger partial charge in [0, 0.05) is 23.7 Å². The minimum Gasteiger partial charge on any atom is -0.364 e. The fourth-order valence-corrected chi connectivity index (χ4v) is 3.40. The van der Waals surface area contributed by atoms with Crippen LogP contribution in [0, 0.1) is 12.7 Å². The molecule has 4 heteroatoms. The molecule has 0 spiro atoms. The summed E-state index contributed by atoms with van der Waals surface area (Å²) in [5.41, 5.74) is 11.8. The van der Waals surface area contributed by atoms with Gasteiger partial charge < -0.3 is 5.73 Å². The van der Waals surface area contributed by atoms with E-state index in [1.807, 2.05) is 19.1 Å². The predicted octanol–water partition coefficient (Wildman–Crippen LogP) is 3.87. The molecule has 3 aromatic rings. The van der Waals surface area contributed by atoms with Crippen LogP contribution in [0.4, 0.5) is 4.39 Å². The molecule has 0 unspecified atom stereocenters. The fraction of sp³-hybridized carbons (Fsp3) is 0.100. The second-order valence-electron chi connectivity index (χ2n) is 6.06. The van der Waals surface area contributed by atoms with Crippen molar-refractivity contribution in [2.45, 2.75) is 13.3 Å². The average Bonchev–Trinajstić information content (AvgIpc) is 2.93. The minimum atomic E-state index is -0.559. The maximum Gasteiger partial charge on any atom is 0.267 e. The number of pyridine rings is 1. The minimum absolute atomic E-state index is 0.263. The topological polar surface area (TPSA) is 56.0 Å². The third-order valence-corrected chi connectivity index (χ3v) is 4.48. The van der Waals surface area contributed by atoms with Crippen LogP contribution in [-0.4, -0.2) is 10.9 Å². The van der Waals surface area contributed by atoms with E-state index in [4.69, 9.17) is 5.73 Å². The molecule has 0 bridgehead atoms. The molecule has 24 heavy (non-hydrogen) atoms. The van der Waals surface area contributed by atoms with E-state index in [2.05, 4.69) is 11.1 Å². The van der Waals surface area contributed by atoms with Crippen LogP contribution in [0.3, 0.4) is 0 Å². The Bertz CT molecular complexity index is 995. The molecule has 2 aromatic carbocycles. The molecule has 0 atom stereocenters. The fourth-order valence-electron chi connectivity index (χ4n) is 3.40. The molecular weight excluding hydrogens is 303 g/mol. The number of nitrogens with zero attached hydrogens (tertiary/aromatic N) is 1. The number of carbonyl (C=O) groups is 1. The van der Waals surface area contributed by atoms with Crippen molar-refractivity contribution in [2.24, 2.45) is 5.73 Å². The Hall–Kier alpha value is -3.01. The number of benzene rings is 2. The van der Waals surface area contributed by atoms with Gasteiger partial charge in [-0.3, -0.25) is 9.78 Å². The standard InChI is InChI=1S/C20H15FN2O/c1-11-6-7-12-9-15-18(14(12)8-11)16(10-23-19(15)20(22)24)13-4-2-3-5-17(13)21/h2-8,10H,9H2,1H3,(H2,22,24). The summed E-state index contributed by atoms with van der Waals surface area (Å²) in [6.07, 6.45) is 2.13. The first-order valence-corrected chi connectivity index (χ1v) is 7.72. The van der Waals surface area contributed by atoms with E-state index in [1.165, 1.54) is 6.07 Å². The van der Waals surface area contributed by atoms with Crippen molar-refractivity contribution < 1.29 is 9.18 Å². The predicted molar refractivity (Wildman–Crippen MR) is 91.1 cm³/mol. The summed E-state index contributed by atoms with van der Waals surface area (Å²) >= 11 is 0. The van der Waals surface area contributed by atoms with E-state index in [9.17, 15) is 9.18 Å². The Morgan fingerprint density at radius 2 is 1.92 bits per heavy atom. The van der Waals surface area contributed by atoms with Crippen LogP contribution in [-0.2, 0) is 6.42 Å². The van der Waals surface area contributed by atoms with Gasteiger partial charge in [0.2, 0.25) is 0 Å². The van der Waals surface area contributed by atoms with E-state index < -0.39 is 5.91 Å². The molecule has 118 valence electrons. The lowest BCUT2D eigenvalue weighted by Gasteiger charge is -2.12. The quantitative estimate of drug-likeness (QED) is 0.610. The van der Waals surface area contributed by atoms with Crippen LogP contribution in [0.15, 0.2) is 48.7 Å². The van der Waals surface area contributed by atoms with Crippen molar-refractivity contribution in [3.8, 4) is 22.3 Å². The number of aryl methyl sites for hydroxylation is 1. The van der Waals surface area contributed by atoms with Gasteiger partial charge in [0.05, 0.1) is 0 Å². The van der Waals surface area contributed by atoms with Crippen molar-refractivity contribution in [3.63, 3.8) is 0 Å². The lowest BCUT2D eigenvalue weighted by molar-refractivity contribution is 0.0995. The molecular formula is C20H15FN2O. The monoisotopic (exact) mass is 318 g/mol. The van der Waals surface area contributed by atoms with E-state index in [1.54, 1.807) is 24.4 Å². The number of rotatable bonds is 2. The van der Waals surface area contributed by atoms with Gasteiger partial charge in [-0.25, -0.2) is 4.39 Å². The van der Waals surface area contributed by atoms with E-state index >= 15 is 0 Å². The zero-order valence-corrected chi connectivity index (χ0v) is 13.1. The molecule has 1 aliphatic rings. The first-order chi connectivity index (χ1) is 11.6. The number of nitrogens with two attached hydrogens (primary N) is 1. The van der Waals surface area contributed by atoms with Crippen molar-refractivity contribution in [1.29, 1.82) is 0 Å². The summed E-state index contributed by atoms with van der Waals surface area (Å²) in [5.74, 6) is -0.870. The van der Waals surface area contributed by atoms with E-state index in [-0.39, 0.29) is 11.5 Å². The molecule has 0 saturated heterocycles. The Morgan fingerprint density at radius 1 is 1.12 bits per heavy atom. The summed E-state index contributed by atoms with van der Waals surface area (Å²) in [7, 11) is 0. The molecule has 3 nitrogen and oxygen atoms in total. The number of amides is 1. The van der Waals surface area contributed by atoms with Gasteiger partial charge in [0.25, 0.3) is 5.91 Å². The van der Waals surface area contributed by atoms with Gasteiger partial charge in [0.1, 0.15) is 11.5 Å². The highest BCUT2D eigenvalue weighted by Gasteiger charge is 2.28. The molecule has 0 fully saturated rings. The normalized spacial score (nSPS) is 11.9. The van der Waals surface area contributed by atoms with Crippen LogP contribution in [0.1, 0.15) is 27.2 Å². The van der Waals surface area contributed by atoms with Crippen LogP contribution in [0.2, 0.25) is 0 Å². The highest BCUT2D eigenvalue weighted by molar-refractivity contribution is 5.99.